The summed E-state index contributed by atoms with van der Waals surface area (Å²) in [6, 6.07) is 0. The maximum Gasteiger partial charge on any atom is 0.410 e. The molecule has 1 rings (SSSR count). The van der Waals surface area contributed by atoms with Crippen molar-refractivity contribution in [1.29, 1.82) is 0 Å². The summed E-state index contributed by atoms with van der Waals surface area (Å²) in [5, 5.41) is 5.17. The van der Waals surface area contributed by atoms with Crippen LogP contribution in [0.2, 0.25) is 0 Å². The number of nitrogens with zero attached hydrogens (tertiary/aromatic N) is 1. The van der Waals surface area contributed by atoms with Crippen LogP contribution in [0.15, 0.2) is 0 Å². The van der Waals surface area contributed by atoms with Gasteiger partial charge < -0.3 is 25.0 Å². The number of esters is 1. The van der Waals surface area contributed by atoms with E-state index in [4.69, 9.17) is 4.74 Å². The maximum atomic E-state index is 12.3. The predicted octanol–water partition coefficient (Wildman–Crippen LogP) is 1.64. The Balaban J connectivity index is 2.36. The predicted molar refractivity (Wildman–Crippen MR) is 138 cm³/mol. The largest absolute Gasteiger partial charge is 0.469 e. The molecule has 1 fully saturated rings. The summed E-state index contributed by atoms with van der Waals surface area (Å²) in [5.41, 5.74) is -0.534. The summed E-state index contributed by atoms with van der Waals surface area (Å²) in [7, 11) is -2.51. The number of carbonyl (C=O) groups excluding carboxylic acids is 4. The van der Waals surface area contributed by atoms with E-state index in [9.17, 15) is 27.6 Å². The zero-order chi connectivity index (χ0) is 28.1. The van der Waals surface area contributed by atoms with Gasteiger partial charge in [-0.1, -0.05) is 13.3 Å². The molecule has 1 atom stereocenters. The number of carbonyl (C=O) groups is 4. The van der Waals surface area contributed by atoms with Crippen molar-refractivity contribution in [2.24, 2.45) is 5.92 Å². The highest BCUT2D eigenvalue weighted by molar-refractivity contribution is 7.89. The molecule has 1 aliphatic heterocycles. The van der Waals surface area contributed by atoms with Crippen LogP contribution in [0.5, 0.6) is 0 Å². The highest BCUT2D eigenvalue weighted by Gasteiger charge is 2.27. The molecule has 0 aromatic rings. The molecular weight excluding hydrogens is 504 g/mol. The van der Waals surface area contributed by atoms with Gasteiger partial charge in [-0.2, -0.15) is 4.72 Å². The molecule has 214 valence electrons. The second kappa shape index (κ2) is 15.8. The van der Waals surface area contributed by atoms with Gasteiger partial charge in [-0.15, -0.1) is 0 Å². The van der Waals surface area contributed by atoms with Gasteiger partial charge in [0.25, 0.3) is 0 Å². The SMILES string of the molecule is CCCCS(=O)(=O)NC(CC(=O)OC)NC(=O)CCNC(=O)CCC1CCN(C(=O)OC(C)(C)C)CC1. The quantitative estimate of drug-likeness (QED) is 0.218. The van der Waals surface area contributed by atoms with Crippen molar-refractivity contribution < 1.29 is 37.1 Å². The Hall–Kier alpha value is -2.41. The molecule has 0 aliphatic carbocycles. The molecule has 0 saturated carbocycles. The normalized spacial score (nSPS) is 15.5. The van der Waals surface area contributed by atoms with Gasteiger partial charge >= 0.3 is 12.1 Å². The number of piperidine rings is 1. The fourth-order valence-corrected chi connectivity index (χ4v) is 5.08. The van der Waals surface area contributed by atoms with Gasteiger partial charge in [0.2, 0.25) is 21.8 Å². The Kier molecular flexibility index (Phi) is 13.9. The molecule has 3 N–H and O–H groups in total. The van der Waals surface area contributed by atoms with Crippen LogP contribution in [0, 0.1) is 5.92 Å². The molecule has 1 saturated heterocycles. The van der Waals surface area contributed by atoms with Crippen molar-refractivity contribution in [1.82, 2.24) is 20.3 Å². The van der Waals surface area contributed by atoms with E-state index in [0.717, 1.165) is 12.8 Å². The Morgan fingerprint density at radius 1 is 1.05 bits per heavy atom. The molecule has 1 heterocycles. The maximum absolute atomic E-state index is 12.3. The van der Waals surface area contributed by atoms with E-state index in [1.54, 1.807) is 4.90 Å². The summed E-state index contributed by atoms with van der Waals surface area (Å²) < 4.78 is 36.6. The van der Waals surface area contributed by atoms with Crippen LogP contribution in [-0.2, 0) is 33.9 Å². The molecule has 0 radical (unpaired) electrons. The average molecular weight is 549 g/mol. The van der Waals surface area contributed by atoms with Crippen LogP contribution >= 0.6 is 0 Å². The van der Waals surface area contributed by atoms with Gasteiger partial charge in [-0.25, -0.2) is 13.2 Å². The molecule has 37 heavy (non-hydrogen) atoms. The van der Waals surface area contributed by atoms with Crippen LogP contribution in [-0.4, -0.2) is 81.5 Å². The summed E-state index contributed by atoms with van der Waals surface area (Å²) >= 11 is 0. The first-order chi connectivity index (χ1) is 17.2. The van der Waals surface area contributed by atoms with Gasteiger partial charge in [0.05, 0.1) is 19.3 Å². The molecule has 12 nitrogen and oxygen atoms in total. The lowest BCUT2D eigenvalue weighted by molar-refractivity contribution is -0.141. The summed E-state index contributed by atoms with van der Waals surface area (Å²) in [6.45, 7) is 8.61. The van der Waals surface area contributed by atoms with E-state index >= 15 is 0 Å². The van der Waals surface area contributed by atoms with E-state index < -0.39 is 33.7 Å². The number of hydrogen-bond donors (Lipinski definition) is 3. The number of likely N-dealkylation sites (tertiary alicyclic amines) is 1. The molecule has 1 unspecified atom stereocenters. The second-order valence-corrected chi connectivity index (χ2v) is 12.1. The third kappa shape index (κ3) is 14.8. The summed E-state index contributed by atoms with van der Waals surface area (Å²) in [5.74, 6) is -1.16. The van der Waals surface area contributed by atoms with E-state index in [1.165, 1.54) is 7.11 Å². The molecule has 1 aliphatic rings. The van der Waals surface area contributed by atoms with Crippen LogP contribution in [0.4, 0.5) is 4.79 Å². The number of nitrogens with one attached hydrogen (secondary N) is 3. The minimum atomic E-state index is -3.68. The number of amides is 3. The number of sulfonamides is 1. The fourth-order valence-electron chi connectivity index (χ4n) is 3.72. The molecule has 3 amide bonds. The van der Waals surface area contributed by atoms with Gasteiger partial charge in [0.15, 0.2) is 0 Å². The molecule has 0 aromatic carbocycles. The average Bonchev–Trinajstić information content (AvgIpc) is 2.80. The minimum Gasteiger partial charge on any atom is -0.469 e. The van der Waals surface area contributed by atoms with E-state index in [1.807, 2.05) is 27.7 Å². The third-order valence-electron chi connectivity index (χ3n) is 5.74. The molecule has 0 bridgehead atoms. The summed E-state index contributed by atoms with van der Waals surface area (Å²) in [4.78, 5) is 50.0. The lowest BCUT2D eigenvalue weighted by Gasteiger charge is -2.33. The minimum absolute atomic E-state index is 0.0750. The smallest absolute Gasteiger partial charge is 0.410 e. The van der Waals surface area contributed by atoms with E-state index in [0.29, 0.717) is 44.7 Å². The topological polar surface area (TPSA) is 160 Å². The Bertz CT molecular complexity index is 864. The van der Waals surface area contributed by atoms with E-state index in [-0.39, 0.29) is 37.1 Å². The zero-order valence-electron chi connectivity index (χ0n) is 22.8. The first-order valence-corrected chi connectivity index (χ1v) is 14.5. The first-order valence-electron chi connectivity index (χ1n) is 12.9. The van der Waals surface area contributed by atoms with Crippen molar-refractivity contribution in [3.63, 3.8) is 0 Å². The third-order valence-corrected chi connectivity index (χ3v) is 7.21. The van der Waals surface area contributed by atoms with Crippen LogP contribution in [0.3, 0.4) is 0 Å². The molecule has 13 heteroatoms. The second-order valence-electron chi connectivity index (χ2n) is 10.2. The number of methoxy groups -OCH3 is 1. The lowest BCUT2D eigenvalue weighted by Crippen LogP contribution is -2.50. The monoisotopic (exact) mass is 548 g/mol. The zero-order valence-corrected chi connectivity index (χ0v) is 23.6. The van der Waals surface area contributed by atoms with Crippen LogP contribution in [0.25, 0.3) is 0 Å². The highest BCUT2D eigenvalue weighted by atomic mass is 32.2. The van der Waals surface area contributed by atoms with Crippen molar-refractivity contribution in [3.8, 4) is 0 Å². The highest BCUT2D eigenvalue weighted by Crippen LogP contribution is 2.23. The van der Waals surface area contributed by atoms with Crippen molar-refractivity contribution in [2.45, 2.75) is 90.8 Å². The number of rotatable bonds is 14. The Labute approximate surface area is 220 Å². The number of ether oxygens (including phenoxy) is 2. The number of unbranched alkanes of at least 4 members (excludes halogenated alkanes) is 1. The lowest BCUT2D eigenvalue weighted by atomic mass is 9.92. The van der Waals surface area contributed by atoms with Crippen molar-refractivity contribution >= 4 is 33.9 Å². The van der Waals surface area contributed by atoms with Crippen molar-refractivity contribution in [2.75, 3.05) is 32.5 Å². The Morgan fingerprint density at radius 2 is 1.70 bits per heavy atom. The molecule has 0 aromatic heterocycles. The fraction of sp³-hybridized carbons (Fsp3) is 0.833. The van der Waals surface area contributed by atoms with E-state index in [2.05, 4.69) is 20.1 Å². The number of hydrogen-bond acceptors (Lipinski definition) is 8. The van der Waals surface area contributed by atoms with Crippen molar-refractivity contribution in [3.05, 3.63) is 0 Å². The molecule has 0 spiro atoms. The standard InChI is InChI=1S/C24H44N4O8S/c1-6-7-16-37(33,34)27-19(17-22(31)35-5)26-21(30)10-13-25-20(29)9-8-18-11-14-28(15-12-18)23(32)36-24(2,3)4/h18-19,27H,6-17H2,1-5H3,(H,25,29)(H,26,30). The Morgan fingerprint density at radius 3 is 2.27 bits per heavy atom. The summed E-state index contributed by atoms with van der Waals surface area (Å²) in [6.07, 6.45) is 1.83. The van der Waals surface area contributed by atoms with Gasteiger partial charge in [0, 0.05) is 32.5 Å². The van der Waals surface area contributed by atoms with Gasteiger partial charge in [-0.05, 0) is 52.4 Å². The van der Waals surface area contributed by atoms with Crippen LogP contribution in [0.1, 0.15) is 79.1 Å². The van der Waals surface area contributed by atoms with Gasteiger partial charge in [0.1, 0.15) is 11.8 Å². The van der Waals surface area contributed by atoms with Crippen LogP contribution < -0.4 is 15.4 Å². The molecular formula is C24H44N4O8S. The first kappa shape index (κ1) is 32.6. The van der Waals surface area contributed by atoms with Gasteiger partial charge in [-0.3, -0.25) is 14.4 Å².